The number of carbonyl (C=O) groups is 1. The van der Waals surface area contributed by atoms with Crippen LogP contribution in [-0.2, 0) is 0 Å². The van der Waals surface area contributed by atoms with Crippen molar-refractivity contribution in [3.8, 4) is 11.5 Å². The van der Waals surface area contributed by atoms with Gasteiger partial charge in [0.2, 0.25) is 0 Å². The fraction of sp³-hybridized carbons (Fsp3) is 0.133. The quantitative estimate of drug-likeness (QED) is 0.309. The molecule has 0 heterocycles. The monoisotopic (exact) mass is 318 g/mol. The molecule has 8 nitrogen and oxygen atoms in total. The predicted octanol–water partition coefficient (Wildman–Crippen LogP) is 2.18. The lowest BCUT2D eigenvalue weighted by atomic mass is 10.2. The maximum atomic E-state index is 11.1. The zero-order valence-electron chi connectivity index (χ0n) is 11.9. The fourth-order valence-electron chi connectivity index (χ4n) is 1.84. The number of nitro groups is 1. The molecule has 2 rings (SSSR count). The summed E-state index contributed by atoms with van der Waals surface area (Å²) in [5.41, 5.74) is 0.0281. The number of hydrogen-bond donors (Lipinski definition) is 3. The third kappa shape index (κ3) is 4.34. The molecule has 0 aliphatic heterocycles. The highest BCUT2D eigenvalue weighted by Gasteiger charge is 2.22. The Bertz CT molecular complexity index is 704. The molecule has 0 fully saturated rings. The van der Waals surface area contributed by atoms with E-state index in [1.54, 1.807) is 30.3 Å². The van der Waals surface area contributed by atoms with E-state index in [2.05, 4.69) is 5.32 Å². The highest BCUT2D eigenvalue weighted by atomic mass is 16.7. The Morgan fingerprint density at radius 2 is 1.96 bits per heavy atom. The molecule has 2 aromatic rings. The molecule has 0 radical (unpaired) electrons. The molecule has 23 heavy (non-hydrogen) atoms. The molecule has 0 aliphatic carbocycles. The van der Waals surface area contributed by atoms with Gasteiger partial charge in [-0.2, -0.15) is 0 Å². The number of nitrogens with one attached hydrogen (secondary N) is 1. The van der Waals surface area contributed by atoms with Crippen molar-refractivity contribution < 1.29 is 24.7 Å². The Morgan fingerprint density at radius 3 is 2.57 bits per heavy atom. The Kier molecular flexibility index (Phi) is 4.98. The van der Waals surface area contributed by atoms with Crippen LogP contribution < -0.4 is 10.1 Å². The first kappa shape index (κ1) is 16.1. The van der Waals surface area contributed by atoms with Crippen molar-refractivity contribution >= 4 is 11.7 Å². The molecule has 8 heteroatoms. The van der Waals surface area contributed by atoms with E-state index in [1.807, 2.05) is 0 Å². The summed E-state index contributed by atoms with van der Waals surface area (Å²) in [4.78, 5) is 21.4. The summed E-state index contributed by atoms with van der Waals surface area (Å²) < 4.78 is 5.27. The number of nitrogens with zero attached hydrogens (tertiary/aromatic N) is 1. The van der Waals surface area contributed by atoms with E-state index in [0.29, 0.717) is 11.4 Å². The summed E-state index contributed by atoms with van der Waals surface area (Å²) in [6, 6.07) is 12.1. The summed E-state index contributed by atoms with van der Waals surface area (Å²) in [5.74, 6) is -1.32. The van der Waals surface area contributed by atoms with Crippen LogP contribution in [0.15, 0.2) is 48.5 Å². The topological polar surface area (TPSA) is 122 Å². The molecular weight excluding hydrogens is 304 g/mol. The van der Waals surface area contributed by atoms with Gasteiger partial charge in [0.15, 0.2) is 0 Å². The van der Waals surface area contributed by atoms with Crippen LogP contribution in [0.5, 0.6) is 11.5 Å². The number of carboxylic acid groups (broad SMARTS) is 1. The van der Waals surface area contributed by atoms with E-state index in [9.17, 15) is 20.0 Å². The van der Waals surface area contributed by atoms with Crippen LogP contribution in [0.2, 0.25) is 0 Å². The Hall–Kier alpha value is -3.29. The molecule has 0 aliphatic rings. The van der Waals surface area contributed by atoms with E-state index in [-0.39, 0.29) is 17.9 Å². The van der Waals surface area contributed by atoms with E-state index in [0.717, 1.165) is 0 Å². The third-order valence-corrected chi connectivity index (χ3v) is 2.96. The van der Waals surface area contributed by atoms with Gasteiger partial charge in [-0.1, -0.05) is 18.2 Å². The zero-order chi connectivity index (χ0) is 16.8. The van der Waals surface area contributed by atoms with Crippen LogP contribution in [0, 0.1) is 10.1 Å². The molecular formula is C15H14N2O6. The van der Waals surface area contributed by atoms with Gasteiger partial charge in [-0.05, 0) is 30.3 Å². The van der Waals surface area contributed by atoms with Gasteiger partial charge >= 0.3 is 12.2 Å². The van der Waals surface area contributed by atoms with Crippen LogP contribution in [0.3, 0.4) is 0 Å². The largest absolute Gasteiger partial charge is 0.507 e. The van der Waals surface area contributed by atoms with Gasteiger partial charge in [-0.3, -0.25) is 10.1 Å². The number of rotatable bonds is 7. The van der Waals surface area contributed by atoms with E-state index >= 15 is 0 Å². The molecule has 120 valence electrons. The lowest BCUT2D eigenvalue weighted by Gasteiger charge is -2.14. The standard InChI is InChI=1S/C15H14N2O6/c18-13-7-6-10(8-12(13)15(19)20)16-9-14(17(21)22)23-11-4-2-1-3-5-11/h1-8,14,16,18H,9H2,(H,19,20). The van der Waals surface area contributed by atoms with Crippen molar-refractivity contribution in [3.05, 3.63) is 64.2 Å². The number of hydrogen-bond acceptors (Lipinski definition) is 6. The minimum Gasteiger partial charge on any atom is -0.507 e. The first-order valence-electron chi connectivity index (χ1n) is 6.63. The number of aromatic carboxylic acids is 1. The second kappa shape index (κ2) is 7.12. The number of benzene rings is 2. The van der Waals surface area contributed by atoms with Crippen molar-refractivity contribution in [2.24, 2.45) is 0 Å². The molecule has 3 N–H and O–H groups in total. The maximum absolute atomic E-state index is 11.1. The highest BCUT2D eigenvalue weighted by Crippen LogP contribution is 2.21. The fourth-order valence-corrected chi connectivity index (χ4v) is 1.84. The van der Waals surface area contributed by atoms with Crippen molar-refractivity contribution in [3.63, 3.8) is 0 Å². The normalized spacial score (nSPS) is 11.5. The lowest BCUT2D eigenvalue weighted by molar-refractivity contribution is -0.558. The number of carboxylic acids is 1. The van der Waals surface area contributed by atoms with Gasteiger partial charge in [-0.25, -0.2) is 4.79 Å². The van der Waals surface area contributed by atoms with Crippen molar-refractivity contribution in [1.29, 1.82) is 0 Å². The molecule has 0 aromatic heterocycles. The van der Waals surface area contributed by atoms with Gasteiger partial charge in [0, 0.05) is 5.69 Å². The minimum absolute atomic E-state index is 0.175. The van der Waals surface area contributed by atoms with Crippen molar-refractivity contribution in [2.45, 2.75) is 6.23 Å². The molecule has 1 atom stereocenters. The molecule has 0 amide bonds. The van der Waals surface area contributed by atoms with Gasteiger partial charge in [0.05, 0.1) is 4.92 Å². The molecule has 0 spiro atoms. The third-order valence-electron chi connectivity index (χ3n) is 2.96. The van der Waals surface area contributed by atoms with Crippen LogP contribution in [0.4, 0.5) is 5.69 Å². The summed E-state index contributed by atoms with van der Waals surface area (Å²) >= 11 is 0. The number of para-hydroxylation sites is 1. The predicted molar refractivity (Wildman–Crippen MR) is 81.4 cm³/mol. The Balaban J connectivity index is 2.06. The van der Waals surface area contributed by atoms with Gasteiger partial charge in [-0.15, -0.1) is 0 Å². The highest BCUT2D eigenvalue weighted by molar-refractivity contribution is 5.91. The average Bonchev–Trinajstić information content (AvgIpc) is 2.53. The number of anilines is 1. The lowest BCUT2D eigenvalue weighted by Crippen LogP contribution is -2.33. The number of aromatic hydroxyl groups is 1. The smallest absolute Gasteiger partial charge is 0.371 e. The van der Waals surface area contributed by atoms with Gasteiger partial charge < -0.3 is 20.3 Å². The molecule has 1 unspecified atom stereocenters. The van der Waals surface area contributed by atoms with E-state index < -0.39 is 17.1 Å². The van der Waals surface area contributed by atoms with Gasteiger partial charge in [0.1, 0.15) is 23.6 Å². The first-order valence-corrected chi connectivity index (χ1v) is 6.63. The second-order valence-corrected chi connectivity index (χ2v) is 4.59. The average molecular weight is 318 g/mol. The van der Waals surface area contributed by atoms with Crippen molar-refractivity contribution in [1.82, 2.24) is 0 Å². The van der Waals surface area contributed by atoms with Crippen LogP contribution in [0.1, 0.15) is 10.4 Å². The van der Waals surface area contributed by atoms with E-state index in [1.165, 1.54) is 18.2 Å². The maximum Gasteiger partial charge on any atom is 0.371 e. The summed E-state index contributed by atoms with van der Waals surface area (Å²) in [7, 11) is 0. The molecule has 0 saturated heterocycles. The molecule has 2 aromatic carbocycles. The van der Waals surface area contributed by atoms with Crippen LogP contribution in [0.25, 0.3) is 0 Å². The van der Waals surface area contributed by atoms with Crippen LogP contribution >= 0.6 is 0 Å². The minimum atomic E-state index is -1.35. The second-order valence-electron chi connectivity index (χ2n) is 4.59. The van der Waals surface area contributed by atoms with Crippen LogP contribution in [-0.4, -0.2) is 33.9 Å². The molecule has 0 saturated carbocycles. The van der Waals surface area contributed by atoms with Crippen molar-refractivity contribution in [2.75, 3.05) is 11.9 Å². The summed E-state index contributed by atoms with van der Waals surface area (Å²) in [6.07, 6.45) is -1.35. The first-order chi connectivity index (χ1) is 11.0. The number of phenols is 1. The molecule has 0 bridgehead atoms. The summed E-state index contributed by atoms with van der Waals surface area (Å²) in [6.45, 7) is -0.175. The van der Waals surface area contributed by atoms with E-state index in [4.69, 9.17) is 9.84 Å². The Labute approximate surface area is 131 Å². The Morgan fingerprint density at radius 1 is 1.26 bits per heavy atom. The SMILES string of the molecule is O=C(O)c1cc(NCC(Oc2ccccc2)[N+](=O)[O-])ccc1O. The summed E-state index contributed by atoms with van der Waals surface area (Å²) in [5, 5.41) is 32.1. The zero-order valence-corrected chi connectivity index (χ0v) is 11.9. The number of ether oxygens (including phenoxy) is 1. The van der Waals surface area contributed by atoms with Gasteiger partial charge in [0.25, 0.3) is 0 Å².